The highest BCUT2D eigenvalue weighted by atomic mass is 35.5. The van der Waals surface area contributed by atoms with Crippen molar-refractivity contribution in [1.82, 2.24) is 10.3 Å². The molecule has 5 nitrogen and oxygen atoms in total. The highest BCUT2D eigenvalue weighted by molar-refractivity contribution is 6.30. The van der Waals surface area contributed by atoms with Crippen LogP contribution in [0.1, 0.15) is 21.6 Å². The molecule has 0 spiro atoms. The number of hydrogen-bond donors (Lipinski definition) is 3. The first kappa shape index (κ1) is 20.9. The van der Waals surface area contributed by atoms with Gasteiger partial charge in [0.05, 0.1) is 0 Å². The third-order valence-electron chi connectivity index (χ3n) is 4.60. The van der Waals surface area contributed by atoms with Gasteiger partial charge in [0.1, 0.15) is 17.3 Å². The van der Waals surface area contributed by atoms with Crippen LogP contribution in [-0.2, 0) is 12.8 Å². The van der Waals surface area contributed by atoms with Crippen LogP contribution in [0.3, 0.4) is 0 Å². The molecule has 0 bridgehead atoms. The van der Waals surface area contributed by atoms with Crippen LogP contribution in [0, 0.1) is 5.82 Å². The lowest BCUT2D eigenvalue weighted by Crippen LogP contribution is -2.35. The number of nitrogens with zero attached hydrogens (tertiary/aromatic N) is 1. The quantitative estimate of drug-likeness (QED) is 0.565. The molecule has 0 saturated heterocycles. The molecule has 1 aromatic heterocycles. The van der Waals surface area contributed by atoms with Gasteiger partial charge < -0.3 is 16.4 Å². The Bertz CT molecular complexity index is 1020. The van der Waals surface area contributed by atoms with Gasteiger partial charge in [0, 0.05) is 28.5 Å². The number of halogens is 3. The number of anilines is 3. The van der Waals surface area contributed by atoms with Crippen molar-refractivity contribution in [1.29, 1.82) is 0 Å². The number of aromatic nitrogens is 1. The first-order valence-electron chi connectivity index (χ1n) is 8.84. The lowest BCUT2D eigenvalue weighted by atomic mass is 10.1. The van der Waals surface area contributed by atoms with Crippen LogP contribution in [0.4, 0.5) is 21.6 Å². The number of rotatable bonds is 4. The Kier molecular flexibility index (Phi) is 6.25. The molecule has 8 heteroatoms. The average molecular weight is 433 g/mol. The third kappa shape index (κ3) is 4.96. The van der Waals surface area contributed by atoms with Crippen LogP contribution in [0.2, 0.25) is 5.02 Å². The number of amides is 1. The SMILES string of the molecule is Cl.Nc1cc(Nc2cc(F)cc(Cl)c2)nc(C(=O)NC2Cc3ccccc3C2)c1. The molecule has 1 heterocycles. The van der Waals surface area contributed by atoms with Gasteiger partial charge in [0.2, 0.25) is 0 Å². The van der Waals surface area contributed by atoms with Gasteiger partial charge in [-0.1, -0.05) is 35.9 Å². The summed E-state index contributed by atoms with van der Waals surface area (Å²) in [4.78, 5) is 17.0. The van der Waals surface area contributed by atoms with E-state index in [1.807, 2.05) is 12.1 Å². The third-order valence-corrected chi connectivity index (χ3v) is 4.82. The maximum Gasteiger partial charge on any atom is 0.270 e. The van der Waals surface area contributed by atoms with Gasteiger partial charge >= 0.3 is 0 Å². The van der Waals surface area contributed by atoms with Crippen molar-refractivity contribution in [2.75, 3.05) is 11.1 Å². The minimum atomic E-state index is -0.474. The number of fused-ring (bicyclic) bond motifs is 1. The van der Waals surface area contributed by atoms with Crippen molar-refractivity contribution in [2.45, 2.75) is 18.9 Å². The lowest BCUT2D eigenvalue weighted by Gasteiger charge is -2.13. The molecule has 1 aliphatic rings. The molecule has 0 fully saturated rings. The summed E-state index contributed by atoms with van der Waals surface area (Å²) in [6.45, 7) is 0. The Morgan fingerprint density at radius 2 is 1.79 bits per heavy atom. The van der Waals surface area contributed by atoms with Crippen LogP contribution in [0.25, 0.3) is 0 Å². The molecule has 3 aromatic rings. The summed E-state index contributed by atoms with van der Waals surface area (Å²) in [5.74, 6) is -0.440. The average Bonchev–Trinajstić information content (AvgIpc) is 3.02. The second-order valence-corrected chi connectivity index (χ2v) is 7.24. The van der Waals surface area contributed by atoms with Crippen LogP contribution in [0.5, 0.6) is 0 Å². The van der Waals surface area contributed by atoms with Gasteiger partial charge in [-0.2, -0.15) is 0 Å². The molecule has 4 N–H and O–H groups in total. The van der Waals surface area contributed by atoms with Crippen molar-refractivity contribution in [3.05, 3.63) is 82.3 Å². The van der Waals surface area contributed by atoms with Crippen LogP contribution in [0.15, 0.2) is 54.6 Å². The molecule has 150 valence electrons. The second-order valence-electron chi connectivity index (χ2n) is 6.80. The molecule has 0 unspecified atom stereocenters. The molecule has 0 radical (unpaired) electrons. The fourth-order valence-electron chi connectivity index (χ4n) is 3.43. The smallest absolute Gasteiger partial charge is 0.270 e. The van der Waals surface area contributed by atoms with E-state index in [-0.39, 0.29) is 35.1 Å². The van der Waals surface area contributed by atoms with Gasteiger partial charge in [0.15, 0.2) is 0 Å². The normalized spacial score (nSPS) is 12.8. The summed E-state index contributed by atoms with van der Waals surface area (Å²) in [6, 6.07) is 15.3. The summed E-state index contributed by atoms with van der Waals surface area (Å²) in [6.07, 6.45) is 1.58. The molecule has 1 amide bonds. The summed E-state index contributed by atoms with van der Waals surface area (Å²) >= 11 is 5.87. The van der Waals surface area contributed by atoms with Gasteiger partial charge in [-0.3, -0.25) is 4.79 Å². The molecular weight excluding hydrogens is 414 g/mol. The molecule has 29 heavy (non-hydrogen) atoms. The number of pyridine rings is 1. The number of nitrogens with two attached hydrogens (primary N) is 1. The first-order chi connectivity index (χ1) is 13.5. The highest BCUT2D eigenvalue weighted by Gasteiger charge is 2.23. The summed E-state index contributed by atoms with van der Waals surface area (Å²) in [5.41, 5.74) is 9.41. The summed E-state index contributed by atoms with van der Waals surface area (Å²) < 4.78 is 13.5. The summed E-state index contributed by atoms with van der Waals surface area (Å²) in [5, 5.41) is 6.20. The molecular formula is C21H19Cl2FN4O. The number of nitrogen functional groups attached to an aromatic ring is 1. The Balaban J connectivity index is 0.00000240. The van der Waals surface area contributed by atoms with Crippen molar-refractivity contribution in [3.63, 3.8) is 0 Å². The Hall–Kier alpha value is -2.83. The van der Waals surface area contributed by atoms with Crippen molar-refractivity contribution < 1.29 is 9.18 Å². The topological polar surface area (TPSA) is 80.0 Å². The Morgan fingerprint density at radius 3 is 2.45 bits per heavy atom. The van der Waals surface area contributed by atoms with Crippen molar-refractivity contribution >= 4 is 47.1 Å². The van der Waals surface area contributed by atoms with Gasteiger partial charge in [-0.05, 0) is 48.2 Å². The maximum absolute atomic E-state index is 13.5. The fraction of sp³-hybridized carbons (Fsp3) is 0.143. The standard InChI is InChI=1S/C21H18ClFN4O.ClH/c22-14-7-15(23)9-18(8-14)25-20-11-16(24)10-19(27-20)21(28)26-17-5-12-3-1-2-4-13(12)6-17;/h1-4,7-11,17H,5-6H2,(H,26,28)(H3,24,25,27);1H. The van der Waals surface area contributed by atoms with E-state index in [1.165, 1.54) is 29.3 Å². The maximum atomic E-state index is 13.5. The largest absolute Gasteiger partial charge is 0.399 e. The zero-order valence-electron chi connectivity index (χ0n) is 15.3. The second kappa shape index (κ2) is 8.68. The van der Waals surface area contributed by atoms with Crippen molar-refractivity contribution in [2.24, 2.45) is 0 Å². The minimum absolute atomic E-state index is 0. The number of hydrogen-bond acceptors (Lipinski definition) is 4. The monoisotopic (exact) mass is 432 g/mol. The lowest BCUT2D eigenvalue weighted by molar-refractivity contribution is 0.0933. The molecule has 0 saturated carbocycles. The zero-order chi connectivity index (χ0) is 19.7. The van der Waals surface area contributed by atoms with E-state index in [4.69, 9.17) is 17.3 Å². The predicted molar refractivity (Wildman–Crippen MR) is 116 cm³/mol. The van der Waals surface area contributed by atoms with E-state index in [1.54, 1.807) is 12.1 Å². The minimum Gasteiger partial charge on any atom is -0.399 e. The molecule has 4 rings (SSSR count). The van der Waals surface area contributed by atoms with E-state index in [0.717, 1.165) is 12.8 Å². The molecule has 1 aliphatic carbocycles. The Labute approximate surface area is 178 Å². The van der Waals surface area contributed by atoms with Gasteiger partial charge in [0.25, 0.3) is 5.91 Å². The molecule has 0 aliphatic heterocycles. The highest BCUT2D eigenvalue weighted by Crippen LogP contribution is 2.24. The predicted octanol–water partition coefficient (Wildman–Crippen LogP) is 4.52. The van der Waals surface area contributed by atoms with Crippen LogP contribution >= 0.6 is 24.0 Å². The number of carbonyl (C=O) groups excluding carboxylic acids is 1. The van der Waals surface area contributed by atoms with E-state index in [2.05, 4.69) is 27.8 Å². The summed E-state index contributed by atoms with van der Waals surface area (Å²) in [7, 11) is 0. The molecule has 0 atom stereocenters. The zero-order valence-corrected chi connectivity index (χ0v) is 16.9. The van der Waals surface area contributed by atoms with Crippen molar-refractivity contribution in [3.8, 4) is 0 Å². The van der Waals surface area contributed by atoms with Gasteiger partial charge in [-0.25, -0.2) is 9.37 Å². The number of benzene rings is 2. The van der Waals surface area contributed by atoms with E-state index in [9.17, 15) is 9.18 Å². The first-order valence-corrected chi connectivity index (χ1v) is 9.22. The fourth-order valence-corrected chi connectivity index (χ4v) is 3.65. The van der Waals surface area contributed by atoms with Crippen LogP contribution < -0.4 is 16.4 Å². The van der Waals surface area contributed by atoms with Crippen LogP contribution in [-0.4, -0.2) is 16.9 Å². The van der Waals surface area contributed by atoms with Gasteiger partial charge in [-0.15, -0.1) is 12.4 Å². The Morgan fingerprint density at radius 1 is 1.10 bits per heavy atom. The number of nitrogens with one attached hydrogen (secondary N) is 2. The van der Waals surface area contributed by atoms with E-state index >= 15 is 0 Å². The van der Waals surface area contributed by atoms with E-state index in [0.29, 0.717) is 17.2 Å². The molecule has 2 aromatic carbocycles. The van der Waals surface area contributed by atoms with E-state index < -0.39 is 5.82 Å². The number of carbonyl (C=O) groups is 1.